The number of hydrogen-bond acceptors (Lipinski definition) is 5. The Hall–Kier alpha value is -2.11. The normalized spacial score (nSPS) is 15.4. The lowest BCUT2D eigenvalue weighted by Gasteiger charge is -2.25. The summed E-state index contributed by atoms with van der Waals surface area (Å²) in [4.78, 5) is 0. The Morgan fingerprint density at radius 1 is 1.33 bits per heavy atom. The van der Waals surface area contributed by atoms with Crippen LogP contribution in [0.2, 0.25) is 0 Å². The summed E-state index contributed by atoms with van der Waals surface area (Å²) in [5, 5.41) is 11.9. The van der Waals surface area contributed by atoms with Gasteiger partial charge in [-0.25, -0.2) is 4.68 Å². The lowest BCUT2D eigenvalue weighted by atomic mass is 9.93. The Morgan fingerprint density at radius 2 is 2.17 bits per heavy atom. The summed E-state index contributed by atoms with van der Waals surface area (Å²) in [5.74, 6) is 1.47. The molecule has 18 heavy (non-hydrogen) atoms. The Labute approximate surface area is 105 Å². The fourth-order valence-electron chi connectivity index (χ4n) is 2.13. The van der Waals surface area contributed by atoms with E-state index in [-0.39, 0.29) is 0 Å². The lowest BCUT2D eigenvalue weighted by molar-refractivity contribution is 0.287. The van der Waals surface area contributed by atoms with Crippen LogP contribution in [0.15, 0.2) is 18.2 Å². The number of methoxy groups -OCH3 is 1. The van der Waals surface area contributed by atoms with Gasteiger partial charge in [-0.15, -0.1) is 5.10 Å². The van der Waals surface area contributed by atoms with Crippen LogP contribution in [0.25, 0.3) is 11.4 Å². The van der Waals surface area contributed by atoms with Crippen molar-refractivity contribution in [3.63, 3.8) is 0 Å². The van der Waals surface area contributed by atoms with Crippen molar-refractivity contribution >= 4 is 5.69 Å². The number of nitrogen functional groups attached to an aromatic ring is 1. The third-order valence-corrected chi connectivity index (χ3v) is 3.34. The number of anilines is 1. The average Bonchev–Trinajstić information content (AvgIpc) is 2.74. The van der Waals surface area contributed by atoms with Crippen molar-refractivity contribution in [2.24, 2.45) is 0 Å². The molecule has 0 unspecified atom stereocenters. The highest BCUT2D eigenvalue weighted by Crippen LogP contribution is 2.34. The summed E-state index contributed by atoms with van der Waals surface area (Å²) in [6.45, 7) is 0. The molecule has 2 aromatic rings. The second kappa shape index (κ2) is 4.29. The molecular weight excluding hydrogens is 230 g/mol. The molecule has 1 saturated carbocycles. The van der Waals surface area contributed by atoms with Gasteiger partial charge in [-0.05, 0) is 41.8 Å². The van der Waals surface area contributed by atoms with E-state index in [0.717, 1.165) is 24.2 Å². The zero-order valence-corrected chi connectivity index (χ0v) is 10.2. The summed E-state index contributed by atoms with van der Waals surface area (Å²) < 4.78 is 7.10. The van der Waals surface area contributed by atoms with Gasteiger partial charge in [0.05, 0.1) is 13.2 Å². The summed E-state index contributed by atoms with van der Waals surface area (Å²) in [7, 11) is 1.62. The van der Waals surface area contributed by atoms with E-state index < -0.39 is 0 Å². The number of nitrogens with zero attached hydrogens (tertiary/aromatic N) is 4. The molecule has 1 aliphatic rings. The maximum atomic E-state index is 5.86. The van der Waals surface area contributed by atoms with E-state index >= 15 is 0 Å². The molecule has 1 fully saturated rings. The van der Waals surface area contributed by atoms with Crippen LogP contribution in [0, 0.1) is 0 Å². The van der Waals surface area contributed by atoms with E-state index in [9.17, 15) is 0 Å². The number of hydrogen-bond donors (Lipinski definition) is 1. The van der Waals surface area contributed by atoms with Gasteiger partial charge in [0, 0.05) is 17.3 Å². The highest BCUT2D eigenvalue weighted by molar-refractivity contribution is 5.64. The van der Waals surface area contributed by atoms with E-state index in [4.69, 9.17) is 10.5 Å². The van der Waals surface area contributed by atoms with E-state index in [2.05, 4.69) is 15.5 Å². The number of nitrogens with two attached hydrogens (primary N) is 1. The zero-order valence-electron chi connectivity index (χ0n) is 10.2. The molecule has 0 atom stereocenters. The van der Waals surface area contributed by atoms with Crippen molar-refractivity contribution in [1.29, 1.82) is 0 Å². The summed E-state index contributed by atoms with van der Waals surface area (Å²) in [6, 6.07) is 5.96. The van der Waals surface area contributed by atoms with Crippen molar-refractivity contribution in [3.8, 4) is 17.1 Å². The van der Waals surface area contributed by atoms with Gasteiger partial charge in [0.2, 0.25) is 0 Å². The van der Waals surface area contributed by atoms with Gasteiger partial charge in [-0.3, -0.25) is 0 Å². The lowest BCUT2D eigenvalue weighted by Crippen LogP contribution is -2.19. The first-order chi connectivity index (χ1) is 8.78. The van der Waals surface area contributed by atoms with Crippen LogP contribution in [0.3, 0.4) is 0 Å². The van der Waals surface area contributed by atoms with Gasteiger partial charge in [-0.2, -0.15) is 0 Å². The van der Waals surface area contributed by atoms with E-state index in [0.29, 0.717) is 17.5 Å². The van der Waals surface area contributed by atoms with Crippen molar-refractivity contribution in [2.45, 2.75) is 25.3 Å². The predicted molar refractivity (Wildman–Crippen MR) is 67.1 cm³/mol. The molecule has 0 saturated heterocycles. The number of aromatic nitrogens is 4. The smallest absolute Gasteiger partial charge is 0.182 e. The fourth-order valence-corrected chi connectivity index (χ4v) is 2.13. The second-order valence-corrected chi connectivity index (χ2v) is 4.53. The molecule has 1 aliphatic carbocycles. The van der Waals surface area contributed by atoms with Crippen LogP contribution in [0.5, 0.6) is 5.75 Å². The number of rotatable bonds is 3. The van der Waals surface area contributed by atoms with Crippen LogP contribution in [-0.2, 0) is 0 Å². The molecular formula is C12H15N5O. The van der Waals surface area contributed by atoms with Crippen LogP contribution in [0.1, 0.15) is 25.3 Å². The highest BCUT2D eigenvalue weighted by Gasteiger charge is 2.24. The fraction of sp³-hybridized carbons (Fsp3) is 0.417. The van der Waals surface area contributed by atoms with Crippen molar-refractivity contribution in [3.05, 3.63) is 18.2 Å². The Bertz CT molecular complexity index is 561. The summed E-state index contributed by atoms with van der Waals surface area (Å²) >= 11 is 0. The first-order valence-corrected chi connectivity index (χ1v) is 6.01. The van der Waals surface area contributed by atoms with Crippen molar-refractivity contribution in [2.75, 3.05) is 12.8 Å². The van der Waals surface area contributed by atoms with Crippen LogP contribution < -0.4 is 10.5 Å². The standard InChI is InChI=1S/C12H15N5O/c1-18-11-6-8(5-9(13)7-11)12-14-15-16-17(12)10-3-2-4-10/h5-7,10H,2-4,13H2,1H3. The molecule has 0 aliphatic heterocycles. The Kier molecular flexibility index (Phi) is 2.62. The maximum absolute atomic E-state index is 5.86. The number of benzene rings is 1. The van der Waals surface area contributed by atoms with E-state index in [1.807, 2.05) is 16.8 Å². The maximum Gasteiger partial charge on any atom is 0.182 e. The van der Waals surface area contributed by atoms with Gasteiger partial charge in [-0.1, -0.05) is 0 Å². The molecule has 1 heterocycles. The molecule has 0 bridgehead atoms. The van der Waals surface area contributed by atoms with E-state index in [1.54, 1.807) is 13.2 Å². The monoisotopic (exact) mass is 245 g/mol. The molecule has 0 spiro atoms. The third-order valence-electron chi connectivity index (χ3n) is 3.34. The van der Waals surface area contributed by atoms with E-state index in [1.165, 1.54) is 6.42 Å². The second-order valence-electron chi connectivity index (χ2n) is 4.53. The Balaban J connectivity index is 2.03. The van der Waals surface area contributed by atoms with Gasteiger partial charge in [0.25, 0.3) is 0 Å². The molecule has 1 aromatic carbocycles. The first kappa shape index (κ1) is 11.0. The molecule has 6 nitrogen and oxygen atoms in total. The van der Waals surface area contributed by atoms with Gasteiger partial charge in [0.15, 0.2) is 5.82 Å². The number of ether oxygens (including phenoxy) is 1. The predicted octanol–water partition coefficient (Wildman–Crippen LogP) is 1.66. The SMILES string of the molecule is COc1cc(N)cc(-c2nnnn2C2CCC2)c1. The molecule has 2 N–H and O–H groups in total. The van der Waals surface area contributed by atoms with Crippen molar-refractivity contribution < 1.29 is 4.74 Å². The third kappa shape index (κ3) is 1.79. The molecule has 0 radical (unpaired) electrons. The average molecular weight is 245 g/mol. The van der Waals surface area contributed by atoms with Crippen LogP contribution >= 0.6 is 0 Å². The molecule has 1 aromatic heterocycles. The highest BCUT2D eigenvalue weighted by atomic mass is 16.5. The zero-order chi connectivity index (χ0) is 12.5. The molecule has 0 amide bonds. The van der Waals surface area contributed by atoms with Crippen molar-refractivity contribution in [1.82, 2.24) is 20.2 Å². The quantitative estimate of drug-likeness (QED) is 0.832. The molecule has 6 heteroatoms. The first-order valence-electron chi connectivity index (χ1n) is 6.01. The molecule has 94 valence electrons. The van der Waals surface area contributed by atoms with Gasteiger partial charge < -0.3 is 10.5 Å². The minimum Gasteiger partial charge on any atom is -0.497 e. The van der Waals surface area contributed by atoms with Crippen LogP contribution in [0.4, 0.5) is 5.69 Å². The topological polar surface area (TPSA) is 78.8 Å². The number of tetrazole rings is 1. The van der Waals surface area contributed by atoms with Gasteiger partial charge >= 0.3 is 0 Å². The largest absolute Gasteiger partial charge is 0.497 e. The molecule has 3 rings (SSSR count). The minimum atomic E-state index is 0.419. The van der Waals surface area contributed by atoms with Gasteiger partial charge in [0.1, 0.15) is 5.75 Å². The minimum absolute atomic E-state index is 0.419. The van der Waals surface area contributed by atoms with Crippen LogP contribution in [-0.4, -0.2) is 27.3 Å². The summed E-state index contributed by atoms with van der Waals surface area (Å²) in [5.41, 5.74) is 7.39. The summed E-state index contributed by atoms with van der Waals surface area (Å²) in [6.07, 6.45) is 3.51. The Morgan fingerprint density at radius 3 is 2.83 bits per heavy atom.